The second kappa shape index (κ2) is 7.82. The summed E-state index contributed by atoms with van der Waals surface area (Å²) in [5, 5.41) is 12.9. The molecule has 1 heterocycles. The smallest absolute Gasteiger partial charge is 0.222 e. The van der Waals surface area contributed by atoms with Crippen molar-refractivity contribution in [3.63, 3.8) is 0 Å². The van der Waals surface area contributed by atoms with Gasteiger partial charge in [0.1, 0.15) is 6.04 Å². The van der Waals surface area contributed by atoms with Crippen LogP contribution in [0.2, 0.25) is 5.02 Å². The van der Waals surface area contributed by atoms with E-state index in [-0.39, 0.29) is 5.91 Å². The number of rotatable bonds is 4. The summed E-state index contributed by atoms with van der Waals surface area (Å²) in [7, 11) is 0. The maximum absolute atomic E-state index is 12.0. The summed E-state index contributed by atoms with van der Waals surface area (Å²) in [5.41, 5.74) is 0.721. The summed E-state index contributed by atoms with van der Waals surface area (Å²) in [5.74, 6) is 3.19. The van der Waals surface area contributed by atoms with Crippen LogP contribution in [0.4, 0.5) is 0 Å². The number of hydrogen-bond donors (Lipinski definition) is 1. The van der Waals surface area contributed by atoms with Gasteiger partial charge in [0.25, 0.3) is 0 Å². The lowest BCUT2D eigenvalue weighted by Crippen LogP contribution is -2.31. The molecule has 2 atom stereocenters. The predicted molar refractivity (Wildman–Crippen MR) is 86.1 cm³/mol. The molecule has 106 valence electrons. The van der Waals surface area contributed by atoms with Crippen molar-refractivity contribution in [2.45, 2.75) is 17.7 Å². The molecule has 1 fully saturated rings. The molecule has 0 aliphatic carbocycles. The van der Waals surface area contributed by atoms with Gasteiger partial charge in [-0.25, -0.2) is 0 Å². The van der Waals surface area contributed by atoms with Gasteiger partial charge in [-0.3, -0.25) is 4.79 Å². The van der Waals surface area contributed by atoms with Gasteiger partial charge < -0.3 is 5.32 Å². The van der Waals surface area contributed by atoms with Gasteiger partial charge in [-0.05, 0) is 17.7 Å². The van der Waals surface area contributed by atoms with Crippen molar-refractivity contribution < 1.29 is 4.79 Å². The van der Waals surface area contributed by atoms with Crippen LogP contribution in [0.1, 0.15) is 18.0 Å². The second-order valence-electron chi connectivity index (χ2n) is 4.46. The molecule has 1 aromatic carbocycles. The van der Waals surface area contributed by atoms with Gasteiger partial charge in [-0.2, -0.15) is 28.8 Å². The lowest BCUT2D eigenvalue weighted by molar-refractivity contribution is -0.121. The highest BCUT2D eigenvalue weighted by atomic mass is 35.5. The van der Waals surface area contributed by atoms with Gasteiger partial charge in [-0.15, -0.1) is 0 Å². The molecule has 0 saturated carbocycles. The molecule has 1 amide bonds. The number of carbonyl (C=O) groups excluding carboxylic acids is 1. The number of amides is 1. The number of nitriles is 1. The fourth-order valence-corrected chi connectivity index (χ4v) is 4.84. The highest BCUT2D eigenvalue weighted by Crippen LogP contribution is 2.26. The SMILES string of the molecule is N#C[C@@H](NC(=O)C[C@H]1CSCCS1)c1cccc(Cl)c1. The van der Waals surface area contributed by atoms with Crippen molar-refractivity contribution in [3.8, 4) is 6.07 Å². The van der Waals surface area contributed by atoms with Gasteiger partial charge in [0.2, 0.25) is 5.91 Å². The predicted octanol–water partition coefficient (Wildman–Crippen LogP) is 3.26. The van der Waals surface area contributed by atoms with Crippen molar-refractivity contribution >= 4 is 41.0 Å². The van der Waals surface area contributed by atoms with Crippen LogP contribution in [0.5, 0.6) is 0 Å². The molecule has 0 bridgehead atoms. The fourth-order valence-electron chi connectivity index (χ4n) is 1.96. The Morgan fingerprint density at radius 2 is 2.40 bits per heavy atom. The van der Waals surface area contributed by atoms with E-state index in [4.69, 9.17) is 11.6 Å². The van der Waals surface area contributed by atoms with E-state index >= 15 is 0 Å². The monoisotopic (exact) mass is 326 g/mol. The number of halogens is 1. The van der Waals surface area contributed by atoms with Crippen LogP contribution in [0.3, 0.4) is 0 Å². The first-order valence-electron chi connectivity index (χ1n) is 6.33. The second-order valence-corrected chi connectivity index (χ2v) is 7.45. The van der Waals surface area contributed by atoms with Gasteiger partial charge in [0.05, 0.1) is 6.07 Å². The Labute approximate surface area is 132 Å². The van der Waals surface area contributed by atoms with E-state index in [1.54, 1.807) is 24.3 Å². The Balaban J connectivity index is 1.92. The quantitative estimate of drug-likeness (QED) is 0.922. The molecule has 1 aliphatic heterocycles. The summed E-state index contributed by atoms with van der Waals surface area (Å²) < 4.78 is 0. The summed E-state index contributed by atoms with van der Waals surface area (Å²) in [4.78, 5) is 12.0. The van der Waals surface area contributed by atoms with Gasteiger partial charge in [0.15, 0.2) is 0 Å². The molecule has 20 heavy (non-hydrogen) atoms. The third-order valence-corrected chi connectivity index (χ3v) is 5.99. The van der Waals surface area contributed by atoms with Gasteiger partial charge in [-0.1, -0.05) is 23.7 Å². The highest BCUT2D eigenvalue weighted by molar-refractivity contribution is 8.06. The summed E-state index contributed by atoms with van der Waals surface area (Å²) in [6, 6.07) is 8.51. The normalized spacial score (nSPS) is 19.9. The van der Waals surface area contributed by atoms with Crippen LogP contribution in [-0.2, 0) is 4.79 Å². The van der Waals surface area contributed by atoms with Crippen LogP contribution in [0.25, 0.3) is 0 Å². The third kappa shape index (κ3) is 4.62. The Kier molecular flexibility index (Phi) is 6.08. The molecular formula is C14H15ClN2OS2. The maximum Gasteiger partial charge on any atom is 0.222 e. The standard InChI is InChI=1S/C14H15ClN2OS2/c15-11-3-1-2-10(6-11)13(8-16)17-14(18)7-12-9-19-4-5-20-12/h1-3,6,12-13H,4-5,7,9H2,(H,17,18)/t12-,13+/m0/s1. The average molecular weight is 327 g/mol. The third-order valence-electron chi connectivity index (χ3n) is 2.91. The topological polar surface area (TPSA) is 52.9 Å². The summed E-state index contributed by atoms with van der Waals surface area (Å²) in [6.07, 6.45) is 0.469. The zero-order valence-electron chi connectivity index (χ0n) is 10.8. The van der Waals surface area contributed by atoms with Crippen LogP contribution >= 0.6 is 35.1 Å². The zero-order chi connectivity index (χ0) is 14.4. The Bertz CT molecular complexity index is 512. The molecule has 0 radical (unpaired) electrons. The Morgan fingerprint density at radius 3 is 3.05 bits per heavy atom. The number of carbonyl (C=O) groups is 1. The molecule has 0 spiro atoms. The number of benzene rings is 1. The molecule has 1 N–H and O–H groups in total. The van der Waals surface area contributed by atoms with Gasteiger partial charge in [0, 0.05) is 34.0 Å². The van der Waals surface area contributed by atoms with E-state index in [0.717, 1.165) is 22.8 Å². The number of thioether (sulfide) groups is 2. The molecule has 0 aromatic heterocycles. The number of hydrogen-bond acceptors (Lipinski definition) is 4. The molecule has 1 aromatic rings. The Hall–Kier alpha value is -0.830. The zero-order valence-corrected chi connectivity index (χ0v) is 13.2. The minimum atomic E-state index is -0.637. The Morgan fingerprint density at radius 1 is 1.55 bits per heavy atom. The average Bonchev–Trinajstić information content (AvgIpc) is 2.46. The van der Waals surface area contributed by atoms with Crippen LogP contribution in [-0.4, -0.2) is 28.4 Å². The van der Waals surface area contributed by atoms with Crippen LogP contribution < -0.4 is 5.32 Å². The van der Waals surface area contributed by atoms with Crippen molar-refractivity contribution in [3.05, 3.63) is 34.9 Å². The lowest BCUT2D eigenvalue weighted by Gasteiger charge is -2.21. The maximum atomic E-state index is 12.0. The first-order valence-corrected chi connectivity index (χ1v) is 8.91. The van der Waals surface area contributed by atoms with E-state index in [0.29, 0.717) is 16.7 Å². The van der Waals surface area contributed by atoms with Crippen molar-refractivity contribution in [1.29, 1.82) is 5.26 Å². The summed E-state index contributed by atoms with van der Waals surface area (Å²) >= 11 is 9.63. The molecule has 1 saturated heterocycles. The number of nitrogens with one attached hydrogen (secondary N) is 1. The highest BCUT2D eigenvalue weighted by Gasteiger charge is 2.20. The van der Waals surface area contributed by atoms with E-state index in [2.05, 4.69) is 11.4 Å². The van der Waals surface area contributed by atoms with Gasteiger partial charge >= 0.3 is 0 Å². The minimum absolute atomic E-state index is 0.0727. The van der Waals surface area contributed by atoms with E-state index in [9.17, 15) is 10.1 Å². The van der Waals surface area contributed by atoms with E-state index < -0.39 is 6.04 Å². The van der Waals surface area contributed by atoms with E-state index in [1.165, 1.54) is 0 Å². The molecular weight excluding hydrogens is 312 g/mol. The first kappa shape index (κ1) is 15.6. The van der Waals surface area contributed by atoms with Crippen molar-refractivity contribution in [2.75, 3.05) is 17.3 Å². The summed E-state index contributed by atoms with van der Waals surface area (Å²) in [6.45, 7) is 0. The van der Waals surface area contributed by atoms with Crippen molar-refractivity contribution in [1.82, 2.24) is 5.32 Å². The van der Waals surface area contributed by atoms with Crippen molar-refractivity contribution in [2.24, 2.45) is 0 Å². The van der Waals surface area contributed by atoms with Crippen LogP contribution in [0.15, 0.2) is 24.3 Å². The largest absolute Gasteiger partial charge is 0.337 e. The minimum Gasteiger partial charge on any atom is -0.337 e. The molecule has 1 aliphatic rings. The fraction of sp³-hybridized carbons (Fsp3) is 0.429. The molecule has 0 unspecified atom stereocenters. The lowest BCUT2D eigenvalue weighted by atomic mass is 10.1. The van der Waals surface area contributed by atoms with E-state index in [1.807, 2.05) is 23.5 Å². The number of nitrogens with zero attached hydrogens (tertiary/aromatic N) is 1. The van der Waals surface area contributed by atoms with Crippen LogP contribution in [0, 0.1) is 11.3 Å². The molecule has 2 rings (SSSR count). The molecule has 3 nitrogen and oxygen atoms in total. The first-order chi connectivity index (χ1) is 9.69. The molecule has 6 heteroatoms.